The van der Waals surface area contributed by atoms with Crippen molar-refractivity contribution in [3.05, 3.63) is 35.9 Å². The summed E-state index contributed by atoms with van der Waals surface area (Å²) in [4.78, 5) is 0. The number of hydrogen-bond acceptors (Lipinski definition) is 1. The van der Waals surface area contributed by atoms with Gasteiger partial charge in [-0.15, -0.1) is 0 Å². The molecule has 1 nitrogen and oxygen atoms in total. The lowest BCUT2D eigenvalue weighted by atomic mass is 10.0. The first-order valence-electron chi connectivity index (χ1n) is 5.90. The molecular formula is C14H23N. The van der Waals surface area contributed by atoms with Crippen molar-refractivity contribution in [2.45, 2.75) is 46.2 Å². The molecule has 0 aliphatic carbocycles. The summed E-state index contributed by atoms with van der Waals surface area (Å²) in [6.07, 6.45) is 1.23. The van der Waals surface area contributed by atoms with Crippen LogP contribution in [0.3, 0.4) is 0 Å². The van der Waals surface area contributed by atoms with E-state index >= 15 is 0 Å². The maximum atomic E-state index is 3.63. The van der Waals surface area contributed by atoms with Gasteiger partial charge in [-0.25, -0.2) is 0 Å². The van der Waals surface area contributed by atoms with Crippen LogP contribution in [0.4, 0.5) is 0 Å². The van der Waals surface area contributed by atoms with Crippen LogP contribution in [-0.4, -0.2) is 6.04 Å². The molecule has 0 aliphatic heterocycles. The Balaban J connectivity index is 2.45. The van der Waals surface area contributed by atoms with Crippen molar-refractivity contribution in [1.82, 2.24) is 5.32 Å². The lowest BCUT2D eigenvalue weighted by Crippen LogP contribution is -2.30. The molecule has 0 bridgehead atoms. The molecule has 0 heterocycles. The SMILES string of the molecule is CC(C)CC(C)NC(C)c1ccccc1. The zero-order chi connectivity index (χ0) is 11.3. The van der Waals surface area contributed by atoms with Crippen LogP contribution in [0.2, 0.25) is 0 Å². The van der Waals surface area contributed by atoms with Crippen molar-refractivity contribution >= 4 is 0 Å². The average Bonchev–Trinajstić information content (AvgIpc) is 2.17. The van der Waals surface area contributed by atoms with E-state index in [0.717, 1.165) is 5.92 Å². The van der Waals surface area contributed by atoms with Crippen molar-refractivity contribution in [2.75, 3.05) is 0 Å². The molecule has 2 atom stereocenters. The van der Waals surface area contributed by atoms with Crippen molar-refractivity contribution in [3.63, 3.8) is 0 Å². The number of benzene rings is 1. The van der Waals surface area contributed by atoms with E-state index < -0.39 is 0 Å². The molecule has 1 heteroatoms. The van der Waals surface area contributed by atoms with Crippen molar-refractivity contribution in [3.8, 4) is 0 Å². The van der Waals surface area contributed by atoms with Crippen LogP contribution in [0.25, 0.3) is 0 Å². The summed E-state index contributed by atoms with van der Waals surface area (Å²) in [6.45, 7) is 9.03. The maximum absolute atomic E-state index is 3.63. The van der Waals surface area contributed by atoms with Gasteiger partial charge in [0.2, 0.25) is 0 Å². The van der Waals surface area contributed by atoms with E-state index in [1.807, 2.05) is 0 Å². The molecule has 15 heavy (non-hydrogen) atoms. The Morgan fingerprint density at radius 2 is 1.60 bits per heavy atom. The van der Waals surface area contributed by atoms with E-state index in [9.17, 15) is 0 Å². The molecule has 0 aliphatic rings. The van der Waals surface area contributed by atoms with Gasteiger partial charge in [-0.2, -0.15) is 0 Å². The highest BCUT2D eigenvalue weighted by Crippen LogP contribution is 2.14. The summed E-state index contributed by atoms with van der Waals surface area (Å²) in [5, 5.41) is 3.63. The molecule has 0 amide bonds. The monoisotopic (exact) mass is 205 g/mol. The van der Waals surface area contributed by atoms with Crippen molar-refractivity contribution in [1.29, 1.82) is 0 Å². The molecule has 0 saturated heterocycles. The second kappa shape index (κ2) is 5.92. The minimum Gasteiger partial charge on any atom is -0.308 e. The average molecular weight is 205 g/mol. The minimum absolute atomic E-state index is 0.444. The van der Waals surface area contributed by atoms with Crippen LogP contribution in [-0.2, 0) is 0 Å². The van der Waals surface area contributed by atoms with Crippen LogP contribution in [0.1, 0.15) is 45.7 Å². The van der Waals surface area contributed by atoms with Gasteiger partial charge in [0.05, 0.1) is 0 Å². The third kappa shape index (κ3) is 4.48. The first-order valence-corrected chi connectivity index (χ1v) is 5.90. The summed E-state index contributed by atoms with van der Waals surface area (Å²) >= 11 is 0. The summed E-state index contributed by atoms with van der Waals surface area (Å²) in [7, 11) is 0. The van der Waals surface area contributed by atoms with Gasteiger partial charge >= 0.3 is 0 Å². The third-order valence-corrected chi connectivity index (χ3v) is 2.66. The van der Waals surface area contributed by atoms with Crippen molar-refractivity contribution in [2.24, 2.45) is 5.92 Å². The molecule has 0 fully saturated rings. The van der Waals surface area contributed by atoms with E-state index in [1.54, 1.807) is 0 Å². The van der Waals surface area contributed by atoms with Crippen LogP contribution < -0.4 is 5.32 Å². The molecule has 0 aromatic heterocycles. The van der Waals surface area contributed by atoms with Gasteiger partial charge < -0.3 is 5.32 Å². The highest BCUT2D eigenvalue weighted by Gasteiger charge is 2.09. The standard InChI is InChI=1S/C14H23N/c1-11(2)10-12(3)15-13(4)14-8-6-5-7-9-14/h5-9,11-13,15H,10H2,1-4H3. The van der Waals surface area contributed by atoms with E-state index in [0.29, 0.717) is 12.1 Å². The Labute approximate surface area is 93.9 Å². The predicted octanol–water partition coefficient (Wildman–Crippen LogP) is 3.77. The Bertz CT molecular complexity index is 266. The zero-order valence-corrected chi connectivity index (χ0v) is 10.3. The largest absolute Gasteiger partial charge is 0.308 e. The second-order valence-corrected chi connectivity index (χ2v) is 4.83. The quantitative estimate of drug-likeness (QED) is 0.771. The second-order valence-electron chi connectivity index (χ2n) is 4.83. The molecule has 2 unspecified atom stereocenters. The zero-order valence-electron chi connectivity index (χ0n) is 10.3. The van der Waals surface area contributed by atoms with Gasteiger partial charge in [-0.3, -0.25) is 0 Å². The smallest absolute Gasteiger partial charge is 0.0294 e. The van der Waals surface area contributed by atoms with Gasteiger partial charge in [-0.1, -0.05) is 44.2 Å². The minimum atomic E-state index is 0.444. The van der Waals surface area contributed by atoms with Crippen LogP contribution in [0, 0.1) is 5.92 Å². The maximum Gasteiger partial charge on any atom is 0.0294 e. The molecule has 1 aromatic rings. The molecule has 0 saturated carbocycles. The van der Waals surface area contributed by atoms with Gasteiger partial charge in [0.1, 0.15) is 0 Å². The first kappa shape index (κ1) is 12.3. The highest BCUT2D eigenvalue weighted by atomic mass is 14.9. The molecule has 0 spiro atoms. The Kier molecular flexibility index (Phi) is 4.83. The fraction of sp³-hybridized carbons (Fsp3) is 0.571. The number of nitrogens with one attached hydrogen (secondary N) is 1. The molecular weight excluding hydrogens is 182 g/mol. The van der Waals surface area contributed by atoms with E-state index in [-0.39, 0.29) is 0 Å². The van der Waals surface area contributed by atoms with E-state index in [2.05, 4.69) is 63.3 Å². The van der Waals surface area contributed by atoms with Gasteiger partial charge in [0.25, 0.3) is 0 Å². The van der Waals surface area contributed by atoms with Gasteiger partial charge in [0.15, 0.2) is 0 Å². The first-order chi connectivity index (χ1) is 7.09. The molecule has 1 aromatic carbocycles. The van der Waals surface area contributed by atoms with E-state index in [1.165, 1.54) is 12.0 Å². The fourth-order valence-corrected chi connectivity index (χ4v) is 2.04. The predicted molar refractivity (Wildman–Crippen MR) is 66.9 cm³/mol. The molecule has 1 N–H and O–H groups in total. The number of rotatable bonds is 5. The molecule has 84 valence electrons. The lowest BCUT2D eigenvalue weighted by molar-refractivity contribution is 0.407. The fourth-order valence-electron chi connectivity index (χ4n) is 2.04. The van der Waals surface area contributed by atoms with Gasteiger partial charge in [-0.05, 0) is 31.7 Å². The van der Waals surface area contributed by atoms with Crippen molar-refractivity contribution < 1.29 is 0 Å². The van der Waals surface area contributed by atoms with E-state index in [4.69, 9.17) is 0 Å². The summed E-state index contributed by atoms with van der Waals surface area (Å²) in [5.74, 6) is 0.760. The van der Waals surface area contributed by atoms with Crippen LogP contribution in [0.5, 0.6) is 0 Å². The summed E-state index contributed by atoms with van der Waals surface area (Å²) < 4.78 is 0. The molecule has 1 rings (SSSR count). The Morgan fingerprint density at radius 1 is 1.00 bits per heavy atom. The topological polar surface area (TPSA) is 12.0 Å². The van der Waals surface area contributed by atoms with Crippen LogP contribution >= 0.6 is 0 Å². The summed E-state index contributed by atoms with van der Waals surface area (Å²) in [5.41, 5.74) is 1.37. The Morgan fingerprint density at radius 3 is 2.13 bits per heavy atom. The Hall–Kier alpha value is -0.820. The third-order valence-electron chi connectivity index (χ3n) is 2.66. The molecule has 0 radical (unpaired) electrons. The highest BCUT2D eigenvalue weighted by molar-refractivity contribution is 5.18. The lowest BCUT2D eigenvalue weighted by Gasteiger charge is -2.21. The normalized spacial score (nSPS) is 15.3. The van der Waals surface area contributed by atoms with Crippen LogP contribution in [0.15, 0.2) is 30.3 Å². The number of hydrogen-bond donors (Lipinski definition) is 1. The summed E-state index contributed by atoms with van der Waals surface area (Å²) in [6, 6.07) is 11.6. The van der Waals surface area contributed by atoms with Gasteiger partial charge in [0, 0.05) is 12.1 Å².